The molecule has 0 radical (unpaired) electrons. The number of rotatable bonds is 3. The van der Waals surface area contributed by atoms with Crippen LogP contribution in [-0.4, -0.2) is 15.7 Å². The average molecular weight is 319 g/mol. The number of halogens is 4. The lowest BCUT2D eigenvalue weighted by atomic mass is 10.2. The monoisotopic (exact) mass is 318 g/mol. The van der Waals surface area contributed by atoms with Crippen molar-refractivity contribution in [1.29, 1.82) is 0 Å². The number of hydrazine groups is 1. The molecule has 0 aliphatic carbocycles. The molecule has 1 aromatic heterocycles. The van der Waals surface area contributed by atoms with Crippen molar-refractivity contribution >= 4 is 23.2 Å². The van der Waals surface area contributed by atoms with E-state index in [2.05, 4.69) is 16.0 Å². The number of anilines is 1. The molecule has 0 saturated carbocycles. The molecule has 2 N–H and O–H groups in total. The molecule has 21 heavy (non-hydrogen) atoms. The molecule has 5 nitrogen and oxygen atoms in total. The summed E-state index contributed by atoms with van der Waals surface area (Å²) in [6.45, 7) is 0. The summed E-state index contributed by atoms with van der Waals surface area (Å²) in [7, 11) is 1.30. The van der Waals surface area contributed by atoms with E-state index in [1.165, 1.54) is 7.05 Å². The van der Waals surface area contributed by atoms with E-state index < -0.39 is 23.3 Å². The van der Waals surface area contributed by atoms with Gasteiger partial charge < -0.3 is 0 Å². The Bertz CT molecular complexity index is 652. The molecule has 0 aliphatic rings. The van der Waals surface area contributed by atoms with Crippen LogP contribution >= 0.6 is 11.6 Å². The number of aryl methyl sites for hydroxylation is 1. The van der Waals surface area contributed by atoms with E-state index in [0.717, 1.165) is 10.9 Å². The number of benzene rings is 1. The van der Waals surface area contributed by atoms with Crippen molar-refractivity contribution in [1.82, 2.24) is 15.2 Å². The molecule has 0 spiro atoms. The molecular formula is C12H10ClF3N4O. The molecule has 0 fully saturated rings. The Morgan fingerprint density at radius 2 is 1.90 bits per heavy atom. The quantitative estimate of drug-likeness (QED) is 0.856. The molecule has 0 atom stereocenters. The van der Waals surface area contributed by atoms with Gasteiger partial charge >= 0.3 is 6.18 Å². The van der Waals surface area contributed by atoms with Gasteiger partial charge in [-0.15, -0.1) is 0 Å². The van der Waals surface area contributed by atoms with Crippen LogP contribution in [0.25, 0.3) is 0 Å². The Morgan fingerprint density at radius 3 is 2.48 bits per heavy atom. The Hall–Kier alpha value is -2.22. The van der Waals surface area contributed by atoms with Gasteiger partial charge in [-0.1, -0.05) is 11.6 Å². The number of aromatic nitrogens is 2. The second-order valence-electron chi connectivity index (χ2n) is 4.15. The summed E-state index contributed by atoms with van der Waals surface area (Å²) in [5.41, 5.74) is 3.35. The average Bonchev–Trinajstić information content (AvgIpc) is 2.80. The highest BCUT2D eigenvalue weighted by Gasteiger charge is 2.38. The summed E-state index contributed by atoms with van der Waals surface area (Å²) >= 11 is 5.69. The van der Waals surface area contributed by atoms with Crippen LogP contribution in [0.15, 0.2) is 30.5 Å². The molecule has 0 saturated heterocycles. The fraction of sp³-hybridized carbons (Fsp3) is 0.167. The second kappa shape index (κ2) is 5.65. The zero-order chi connectivity index (χ0) is 15.6. The minimum absolute atomic E-state index is 0.477. The fourth-order valence-electron chi connectivity index (χ4n) is 1.59. The third-order valence-corrected chi connectivity index (χ3v) is 2.76. The van der Waals surface area contributed by atoms with Crippen LogP contribution in [0.4, 0.5) is 18.9 Å². The SMILES string of the molecule is Cn1cc(C(=O)NNc2ccc(Cl)cc2)c(C(F)(F)F)n1. The number of hydrogen-bond acceptors (Lipinski definition) is 3. The minimum Gasteiger partial charge on any atom is -0.298 e. The van der Waals surface area contributed by atoms with Crippen molar-refractivity contribution in [3.8, 4) is 0 Å². The molecule has 9 heteroatoms. The van der Waals surface area contributed by atoms with Crippen LogP contribution in [0, 0.1) is 0 Å². The van der Waals surface area contributed by atoms with E-state index in [-0.39, 0.29) is 0 Å². The van der Waals surface area contributed by atoms with Gasteiger partial charge in [-0.3, -0.25) is 20.3 Å². The van der Waals surface area contributed by atoms with Crippen LogP contribution in [0.1, 0.15) is 16.1 Å². The molecule has 1 heterocycles. The van der Waals surface area contributed by atoms with Gasteiger partial charge in [-0.2, -0.15) is 18.3 Å². The molecule has 1 aromatic carbocycles. The molecule has 0 bridgehead atoms. The Labute approximate surface area is 122 Å². The molecule has 2 aromatic rings. The lowest BCUT2D eigenvalue weighted by Gasteiger charge is -2.09. The number of carbonyl (C=O) groups excluding carboxylic acids is 1. The first-order chi connectivity index (χ1) is 9.77. The Kier molecular flexibility index (Phi) is 4.08. The van der Waals surface area contributed by atoms with Gasteiger partial charge in [-0.25, -0.2) is 0 Å². The maximum absolute atomic E-state index is 12.7. The topological polar surface area (TPSA) is 59.0 Å². The number of carbonyl (C=O) groups is 1. The molecule has 1 amide bonds. The summed E-state index contributed by atoms with van der Waals surface area (Å²) in [5, 5.41) is 3.75. The van der Waals surface area contributed by atoms with E-state index in [0.29, 0.717) is 10.7 Å². The smallest absolute Gasteiger partial charge is 0.298 e. The van der Waals surface area contributed by atoms with Gasteiger partial charge in [-0.05, 0) is 24.3 Å². The Balaban J connectivity index is 2.12. The highest BCUT2D eigenvalue weighted by Crippen LogP contribution is 2.30. The molecule has 0 unspecified atom stereocenters. The highest BCUT2D eigenvalue weighted by atomic mass is 35.5. The summed E-state index contributed by atoms with van der Waals surface area (Å²) in [6, 6.07) is 6.27. The zero-order valence-corrected chi connectivity index (χ0v) is 11.5. The van der Waals surface area contributed by atoms with E-state index in [1.807, 2.05) is 0 Å². The van der Waals surface area contributed by atoms with Gasteiger partial charge in [0.05, 0.1) is 11.3 Å². The third kappa shape index (κ3) is 3.66. The van der Waals surface area contributed by atoms with Crippen molar-refractivity contribution in [3.63, 3.8) is 0 Å². The van der Waals surface area contributed by atoms with Gasteiger partial charge in [0.15, 0.2) is 5.69 Å². The van der Waals surface area contributed by atoms with E-state index in [1.54, 1.807) is 24.3 Å². The fourth-order valence-corrected chi connectivity index (χ4v) is 1.72. The van der Waals surface area contributed by atoms with Crippen LogP contribution in [-0.2, 0) is 13.2 Å². The molecule has 2 rings (SSSR count). The first kappa shape index (κ1) is 15.2. The van der Waals surface area contributed by atoms with Gasteiger partial charge in [0.1, 0.15) is 0 Å². The van der Waals surface area contributed by atoms with E-state index in [4.69, 9.17) is 11.6 Å². The maximum Gasteiger partial charge on any atom is 0.435 e. The standard InChI is InChI=1S/C12H10ClF3N4O/c1-20-6-9(10(19-20)12(14,15)16)11(21)18-17-8-4-2-7(13)3-5-8/h2-6,17H,1H3,(H,18,21). The first-order valence-electron chi connectivity index (χ1n) is 5.70. The van der Waals surface area contributed by atoms with Crippen LogP contribution in [0.2, 0.25) is 5.02 Å². The van der Waals surface area contributed by atoms with E-state index >= 15 is 0 Å². The molecule has 112 valence electrons. The number of nitrogens with zero attached hydrogens (tertiary/aromatic N) is 2. The van der Waals surface area contributed by atoms with Crippen molar-refractivity contribution in [2.24, 2.45) is 7.05 Å². The minimum atomic E-state index is -4.70. The summed E-state index contributed by atoms with van der Waals surface area (Å²) in [5.74, 6) is -0.939. The Morgan fingerprint density at radius 1 is 1.29 bits per heavy atom. The van der Waals surface area contributed by atoms with Crippen molar-refractivity contribution < 1.29 is 18.0 Å². The normalized spacial score (nSPS) is 11.3. The summed E-state index contributed by atoms with van der Waals surface area (Å²) < 4.78 is 39.1. The van der Waals surface area contributed by atoms with Crippen LogP contribution < -0.4 is 10.9 Å². The van der Waals surface area contributed by atoms with Gasteiger partial charge in [0.25, 0.3) is 5.91 Å². The van der Waals surface area contributed by atoms with Crippen molar-refractivity contribution in [2.75, 3.05) is 5.43 Å². The number of hydrogen-bond donors (Lipinski definition) is 2. The van der Waals surface area contributed by atoms with E-state index in [9.17, 15) is 18.0 Å². The number of alkyl halides is 3. The summed E-state index contributed by atoms with van der Waals surface area (Å²) in [4.78, 5) is 11.8. The third-order valence-electron chi connectivity index (χ3n) is 2.51. The predicted molar refractivity (Wildman–Crippen MR) is 70.8 cm³/mol. The molecule has 0 aliphatic heterocycles. The van der Waals surface area contributed by atoms with Gasteiger partial charge in [0, 0.05) is 18.3 Å². The van der Waals surface area contributed by atoms with Crippen LogP contribution in [0.5, 0.6) is 0 Å². The first-order valence-corrected chi connectivity index (χ1v) is 6.08. The van der Waals surface area contributed by atoms with Crippen LogP contribution in [0.3, 0.4) is 0 Å². The van der Waals surface area contributed by atoms with Crippen molar-refractivity contribution in [3.05, 3.63) is 46.7 Å². The van der Waals surface area contributed by atoms with Gasteiger partial charge in [0.2, 0.25) is 0 Å². The summed E-state index contributed by atoms with van der Waals surface area (Å²) in [6.07, 6.45) is -3.70. The second-order valence-corrected chi connectivity index (χ2v) is 4.59. The predicted octanol–water partition coefficient (Wildman–Crippen LogP) is 2.85. The largest absolute Gasteiger partial charge is 0.435 e. The molecular weight excluding hydrogens is 309 g/mol. The maximum atomic E-state index is 12.7. The zero-order valence-electron chi connectivity index (χ0n) is 10.7. The number of nitrogens with one attached hydrogen (secondary N) is 2. The number of amides is 1. The lowest BCUT2D eigenvalue weighted by Crippen LogP contribution is -2.30. The lowest BCUT2D eigenvalue weighted by molar-refractivity contribution is -0.141. The highest BCUT2D eigenvalue weighted by molar-refractivity contribution is 6.30. The van der Waals surface area contributed by atoms with Crippen molar-refractivity contribution in [2.45, 2.75) is 6.18 Å².